The monoisotopic (exact) mass is 240 g/mol. The normalized spacial score (nSPS) is 21.6. The van der Waals surface area contributed by atoms with Crippen molar-refractivity contribution in [3.05, 3.63) is 5.89 Å². The summed E-state index contributed by atoms with van der Waals surface area (Å²) in [6, 6.07) is 0. The lowest BCUT2D eigenvalue weighted by molar-refractivity contribution is -0.0118. The maximum Gasteiger partial charge on any atom is 0.263 e. The summed E-state index contributed by atoms with van der Waals surface area (Å²) in [5.41, 5.74) is 0. The van der Waals surface area contributed by atoms with E-state index in [1.54, 1.807) is 0 Å². The number of ether oxygens (including phenoxy) is 1. The first-order valence-electron chi connectivity index (χ1n) is 6.14. The Balaban J connectivity index is 1.76. The molecule has 1 aliphatic rings. The highest BCUT2D eigenvalue weighted by Gasteiger charge is 2.18. The number of hydrogen-bond donors (Lipinski definition) is 1. The molecule has 2 rings (SSSR count). The van der Waals surface area contributed by atoms with Crippen LogP contribution in [0.3, 0.4) is 0 Å². The van der Waals surface area contributed by atoms with Crippen molar-refractivity contribution in [3.8, 4) is 0 Å². The summed E-state index contributed by atoms with van der Waals surface area (Å²) in [4.78, 5) is 6.50. The molecule has 0 saturated carbocycles. The third-order valence-corrected chi connectivity index (χ3v) is 2.76. The molecule has 1 aliphatic heterocycles. The molecule has 17 heavy (non-hydrogen) atoms. The summed E-state index contributed by atoms with van der Waals surface area (Å²) in [6.45, 7) is 5.53. The number of hydrogen-bond acceptors (Lipinski definition) is 6. The molecular weight excluding hydrogens is 220 g/mol. The maximum atomic E-state index is 5.63. The van der Waals surface area contributed by atoms with Crippen molar-refractivity contribution in [2.24, 2.45) is 0 Å². The third kappa shape index (κ3) is 3.67. The first-order chi connectivity index (χ1) is 8.28. The molecule has 1 saturated heterocycles. The smallest absolute Gasteiger partial charge is 0.263 e. The zero-order chi connectivity index (χ0) is 12.1. The van der Waals surface area contributed by atoms with Gasteiger partial charge in [-0.2, -0.15) is 4.98 Å². The van der Waals surface area contributed by atoms with Gasteiger partial charge >= 0.3 is 0 Å². The van der Waals surface area contributed by atoms with Crippen LogP contribution in [0, 0.1) is 0 Å². The van der Waals surface area contributed by atoms with Crippen LogP contribution in [0.2, 0.25) is 0 Å². The number of rotatable bonds is 5. The molecule has 1 aromatic heterocycles. The minimum atomic E-state index is 0.196. The van der Waals surface area contributed by atoms with Crippen LogP contribution in [-0.4, -0.2) is 54.4 Å². The summed E-state index contributed by atoms with van der Waals surface area (Å²) in [7, 11) is 2.10. The minimum absolute atomic E-state index is 0.196. The zero-order valence-electron chi connectivity index (χ0n) is 10.5. The number of anilines is 1. The Bertz CT molecular complexity index is 342. The lowest BCUT2D eigenvalue weighted by Crippen LogP contribution is -2.43. The molecule has 0 aromatic carbocycles. The highest BCUT2D eigenvalue weighted by molar-refractivity contribution is 5.21. The van der Waals surface area contributed by atoms with Gasteiger partial charge in [0, 0.05) is 26.1 Å². The van der Waals surface area contributed by atoms with Gasteiger partial charge in [-0.1, -0.05) is 6.92 Å². The average Bonchev–Trinajstić information content (AvgIpc) is 2.75. The topological polar surface area (TPSA) is 63.4 Å². The van der Waals surface area contributed by atoms with Crippen molar-refractivity contribution in [2.75, 3.05) is 38.6 Å². The Labute approximate surface area is 101 Å². The van der Waals surface area contributed by atoms with Crippen molar-refractivity contribution in [3.63, 3.8) is 0 Å². The molecule has 1 fully saturated rings. The van der Waals surface area contributed by atoms with E-state index >= 15 is 0 Å². The Morgan fingerprint density at radius 1 is 1.53 bits per heavy atom. The maximum absolute atomic E-state index is 5.63. The van der Waals surface area contributed by atoms with E-state index in [4.69, 9.17) is 9.26 Å². The predicted molar refractivity (Wildman–Crippen MR) is 64.0 cm³/mol. The lowest BCUT2D eigenvalue weighted by Gasteiger charge is -2.29. The molecule has 1 aromatic rings. The van der Waals surface area contributed by atoms with Crippen molar-refractivity contribution >= 4 is 5.95 Å². The van der Waals surface area contributed by atoms with Crippen molar-refractivity contribution in [1.29, 1.82) is 0 Å². The predicted octanol–water partition coefficient (Wildman–Crippen LogP) is 0.765. The fraction of sp³-hybridized carbons (Fsp3) is 0.818. The SMILES string of the molecule is CCCc1nc(NCC2CN(C)CCO2)no1. The number of nitrogens with one attached hydrogen (secondary N) is 1. The molecular formula is C11H20N4O2. The minimum Gasteiger partial charge on any atom is -0.374 e. The second-order valence-corrected chi connectivity index (χ2v) is 4.40. The van der Waals surface area contributed by atoms with Gasteiger partial charge in [0.2, 0.25) is 5.89 Å². The molecule has 1 atom stereocenters. The summed E-state index contributed by atoms with van der Waals surface area (Å²) in [6.07, 6.45) is 2.04. The zero-order valence-corrected chi connectivity index (χ0v) is 10.5. The largest absolute Gasteiger partial charge is 0.374 e. The standard InChI is InChI=1S/C11H20N4O2/c1-3-4-10-13-11(14-17-10)12-7-9-8-15(2)5-6-16-9/h9H,3-8H2,1-2H3,(H,12,14). The third-order valence-electron chi connectivity index (χ3n) is 2.76. The highest BCUT2D eigenvalue weighted by atomic mass is 16.5. The van der Waals surface area contributed by atoms with E-state index < -0.39 is 0 Å². The van der Waals surface area contributed by atoms with Gasteiger partial charge in [0.25, 0.3) is 5.95 Å². The Morgan fingerprint density at radius 3 is 3.18 bits per heavy atom. The van der Waals surface area contributed by atoms with Gasteiger partial charge in [0.05, 0.1) is 12.7 Å². The lowest BCUT2D eigenvalue weighted by atomic mass is 10.3. The van der Waals surface area contributed by atoms with Crippen molar-refractivity contribution in [2.45, 2.75) is 25.9 Å². The number of aromatic nitrogens is 2. The molecule has 0 radical (unpaired) electrons. The fourth-order valence-corrected chi connectivity index (χ4v) is 1.84. The van der Waals surface area contributed by atoms with Gasteiger partial charge in [-0.3, -0.25) is 0 Å². The first-order valence-corrected chi connectivity index (χ1v) is 6.14. The quantitative estimate of drug-likeness (QED) is 0.820. The van der Waals surface area contributed by atoms with E-state index in [2.05, 4.69) is 34.3 Å². The van der Waals surface area contributed by atoms with Crippen molar-refractivity contribution < 1.29 is 9.26 Å². The molecule has 6 nitrogen and oxygen atoms in total. The van der Waals surface area contributed by atoms with Gasteiger partial charge < -0.3 is 19.5 Å². The van der Waals surface area contributed by atoms with Gasteiger partial charge in [0.15, 0.2) is 0 Å². The van der Waals surface area contributed by atoms with Gasteiger partial charge in [-0.05, 0) is 18.6 Å². The number of likely N-dealkylation sites (N-methyl/N-ethyl adjacent to an activating group) is 1. The van der Waals surface area contributed by atoms with Crippen LogP contribution >= 0.6 is 0 Å². The molecule has 0 aliphatic carbocycles. The summed E-state index contributed by atoms with van der Waals surface area (Å²) in [5.74, 6) is 1.25. The molecule has 0 bridgehead atoms. The second-order valence-electron chi connectivity index (χ2n) is 4.40. The van der Waals surface area contributed by atoms with E-state index in [0.717, 1.165) is 39.1 Å². The number of nitrogens with zero attached hydrogens (tertiary/aromatic N) is 3. The van der Waals surface area contributed by atoms with Crippen LogP contribution in [0.1, 0.15) is 19.2 Å². The Morgan fingerprint density at radius 2 is 2.41 bits per heavy atom. The molecule has 1 unspecified atom stereocenters. The van der Waals surface area contributed by atoms with Crippen LogP contribution in [0.4, 0.5) is 5.95 Å². The summed E-state index contributed by atoms with van der Waals surface area (Å²) >= 11 is 0. The molecule has 2 heterocycles. The van der Waals surface area contributed by atoms with Crippen LogP contribution in [0.15, 0.2) is 4.52 Å². The average molecular weight is 240 g/mol. The van der Waals surface area contributed by atoms with Crippen LogP contribution < -0.4 is 5.32 Å². The molecule has 1 N–H and O–H groups in total. The van der Waals surface area contributed by atoms with Gasteiger partial charge in [0.1, 0.15) is 0 Å². The van der Waals surface area contributed by atoms with E-state index in [0.29, 0.717) is 11.8 Å². The fourth-order valence-electron chi connectivity index (χ4n) is 1.84. The van der Waals surface area contributed by atoms with Crippen molar-refractivity contribution in [1.82, 2.24) is 15.0 Å². The summed E-state index contributed by atoms with van der Waals surface area (Å²) < 4.78 is 10.7. The summed E-state index contributed by atoms with van der Waals surface area (Å²) in [5, 5.41) is 7.02. The Kier molecular flexibility index (Phi) is 4.33. The van der Waals surface area contributed by atoms with Crippen LogP contribution in [-0.2, 0) is 11.2 Å². The molecule has 96 valence electrons. The molecule has 0 amide bonds. The number of aryl methyl sites for hydroxylation is 1. The second kappa shape index (κ2) is 5.97. The highest BCUT2D eigenvalue weighted by Crippen LogP contribution is 2.07. The first kappa shape index (κ1) is 12.3. The van der Waals surface area contributed by atoms with E-state index in [9.17, 15) is 0 Å². The van der Waals surface area contributed by atoms with E-state index in [1.807, 2.05) is 0 Å². The molecule has 0 spiro atoms. The van der Waals surface area contributed by atoms with Crippen LogP contribution in [0.5, 0.6) is 0 Å². The van der Waals surface area contributed by atoms with Gasteiger partial charge in [-0.25, -0.2) is 0 Å². The van der Waals surface area contributed by atoms with Gasteiger partial charge in [-0.15, -0.1) is 0 Å². The molecule has 6 heteroatoms. The number of morpholine rings is 1. The van der Waals surface area contributed by atoms with E-state index in [-0.39, 0.29) is 6.10 Å². The van der Waals surface area contributed by atoms with E-state index in [1.165, 1.54) is 0 Å². The van der Waals surface area contributed by atoms with Crippen LogP contribution in [0.25, 0.3) is 0 Å². The Hall–Kier alpha value is -1.14.